The minimum atomic E-state index is -0.379. The van der Waals surface area contributed by atoms with Crippen molar-refractivity contribution in [2.45, 2.75) is 0 Å². The summed E-state index contributed by atoms with van der Waals surface area (Å²) in [5, 5.41) is 9.62. The predicted octanol–water partition coefficient (Wildman–Crippen LogP) is 1.29. The Bertz CT molecular complexity index is 524. The van der Waals surface area contributed by atoms with E-state index in [1.54, 1.807) is 6.07 Å². The SMILES string of the molecule is COCC(=O)Nc1n[nH]c2ccc(F)cc12. The van der Waals surface area contributed by atoms with E-state index in [0.29, 0.717) is 16.7 Å². The van der Waals surface area contributed by atoms with Gasteiger partial charge in [-0.3, -0.25) is 9.89 Å². The van der Waals surface area contributed by atoms with Crippen LogP contribution in [0.5, 0.6) is 0 Å². The van der Waals surface area contributed by atoms with Gasteiger partial charge in [-0.15, -0.1) is 0 Å². The summed E-state index contributed by atoms with van der Waals surface area (Å²) in [4.78, 5) is 11.3. The molecule has 0 atom stereocenters. The van der Waals surface area contributed by atoms with Crippen molar-refractivity contribution in [1.29, 1.82) is 0 Å². The van der Waals surface area contributed by atoms with Gasteiger partial charge in [0.1, 0.15) is 12.4 Å². The van der Waals surface area contributed by atoms with E-state index in [1.807, 2.05) is 0 Å². The van der Waals surface area contributed by atoms with Crippen LogP contribution < -0.4 is 5.32 Å². The maximum absolute atomic E-state index is 13.0. The summed E-state index contributed by atoms with van der Waals surface area (Å²) in [7, 11) is 1.42. The molecule has 1 aromatic heterocycles. The van der Waals surface area contributed by atoms with Crippen LogP contribution in [-0.2, 0) is 9.53 Å². The molecule has 0 bridgehead atoms. The van der Waals surface area contributed by atoms with Crippen LogP contribution in [0.2, 0.25) is 0 Å². The molecule has 1 aromatic carbocycles. The van der Waals surface area contributed by atoms with E-state index in [2.05, 4.69) is 20.3 Å². The van der Waals surface area contributed by atoms with E-state index < -0.39 is 0 Å². The number of ether oxygens (including phenoxy) is 1. The second-order valence-corrected chi connectivity index (χ2v) is 3.24. The number of amides is 1. The van der Waals surface area contributed by atoms with Crippen LogP contribution in [-0.4, -0.2) is 29.8 Å². The fourth-order valence-electron chi connectivity index (χ4n) is 1.38. The van der Waals surface area contributed by atoms with Gasteiger partial charge >= 0.3 is 0 Å². The highest BCUT2D eigenvalue weighted by atomic mass is 19.1. The molecule has 0 spiro atoms. The lowest BCUT2D eigenvalue weighted by molar-refractivity contribution is -0.119. The lowest BCUT2D eigenvalue weighted by Crippen LogP contribution is -2.17. The number of aromatic nitrogens is 2. The monoisotopic (exact) mass is 223 g/mol. The number of carbonyl (C=O) groups is 1. The van der Waals surface area contributed by atoms with Crippen LogP contribution in [0, 0.1) is 5.82 Å². The van der Waals surface area contributed by atoms with E-state index >= 15 is 0 Å². The minimum Gasteiger partial charge on any atom is -0.375 e. The number of rotatable bonds is 3. The van der Waals surface area contributed by atoms with Crippen molar-refractivity contribution in [3.8, 4) is 0 Å². The third-order valence-electron chi connectivity index (χ3n) is 2.06. The average molecular weight is 223 g/mol. The van der Waals surface area contributed by atoms with Crippen molar-refractivity contribution in [1.82, 2.24) is 10.2 Å². The molecule has 0 fully saturated rings. The van der Waals surface area contributed by atoms with E-state index in [-0.39, 0.29) is 18.3 Å². The first-order valence-corrected chi connectivity index (χ1v) is 4.63. The van der Waals surface area contributed by atoms with Crippen LogP contribution >= 0.6 is 0 Å². The van der Waals surface area contributed by atoms with E-state index in [4.69, 9.17) is 0 Å². The zero-order valence-electron chi connectivity index (χ0n) is 8.58. The number of carbonyl (C=O) groups excluding carboxylic acids is 1. The van der Waals surface area contributed by atoms with E-state index in [1.165, 1.54) is 19.2 Å². The van der Waals surface area contributed by atoms with Gasteiger partial charge in [0.2, 0.25) is 0 Å². The van der Waals surface area contributed by atoms with Crippen molar-refractivity contribution >= 4 is 22.6 Å². The number of halogens is 1. The molecule has 0 aliphatic rings. The Morgan fingerprint density at radius 1 is 1.62 bits per heavy atom. The Hall–Kier alpha value is -1.95. The Morgan fingerprint density at radius 3 is 3.19 bits per heavy atom. The Labute approximate surface area is 90.6 Å². The Morgan fingerprint density at radius 2 is 2.44 bits per heavy atom. The highest BCUT2D eigenvalue weighted by Gasteiger charge is 2.09. The van der Waals surface area contributed by atoms with Gasteiger partial charge in [0.25, 0.3) is 5.91 Å². The van der Waals surface area contributed by atoms with Crippen molar-refractivity contribution in [2.75, 3.05) is 19.0 Å². The number of hydrogen-bond acceptors (Lipinski definition) is 3. The van der Waals surface area contributed by atoms with Gasteiger partial charge in [-0.2, -0.15) is 5.10 Å². The largest absolute Gasteiger partial charge is 0.375 e. The predicted molar refractivity (Wildman–Crippen MR) is 56.6 cm³/mol. The molecule has 2 N–H and O–H groups in total. The summed E-state index contributed by atoms with van der Waals surface area (Å²) in [6.45, 7) is -0.0658. The van der Waals surface area contributed by atoms with E-state index in [9.17, 15) is 9.18 Å². The number of H-pyrrole nitrogens is 1. The highest BCUT2D eigenvalue weighted by Crippen LogP contribution is 2.20. The molecule has 5 nitrogen and oxygen atoms in total. The maximum Gasteiger partial charge on any atom is 0.251 e. The van der Waals surface area contributed by atoms with Crippen LogP contribution in [0.4, 0.5) is 10.2 Å². The first kappa shape index (κ1) is 10.6. The molecule has 1 heterocycles. The van der Waals surface area contributed by atoms with Crippen LogP contribution in [0.15, 0.2) is 18.2 Å². The molecule has 1 amide bonds. The van der Waals surface area contributed by atoms with Gasteiger partial charge in [0.15, 0.2) is 5.82 Å². The van der Waals surface area contributed by atoms with Crippen LogP contribution in [0.1, 0.15) is 0 Å². The number of aromatic amines is 1. The third-order valence-corrected chi connectivity index (χ3v) is 2.06. The zero-order valence-corrected chi connectivity index (χ0v) is 8.58. The standard InChI is InChI=1S/C10H10FN3O2/c1-16-5-9(15)12-10-7-4-6(11)2-3-8(7)13-14-10/h2-4H,5H2,1H3,(H2,12,13,14,15). The van der Waals surface area contributed by atoms with Gasteiger partial charge in [-0.25, -0.2) is 4.39 Å². The molecule has 6 heteroatoms. The van der Waals surface area contributed by atoms with Gasteiger partial charge in [0, 0.05) is 12.5 Å². The average Bonchev–Trinajstić information content (AvgIpc) is 2.61. The lowest BCUT2D eigenvalue weighted by atomic mass is 10.2. The molecule has 84 valence electrons. The first-order valence-electron chi connectivity index (χ1n) is 4.63. The maximum atomic E-state index is 13.0. The van der Waals surface area contributed by atoms with Crippen LogP contribution in [0.25, 0.3) is 10.9 Å². The Balaban J connectivity index is 2.30. The lowest BCUT2D eigenvalue weighted by Gasteiger charge is -2.00. The van der Waals surface area contributed by atoms with Gasteiger partial charge in [-0.1, -0.05) is 0 Å². The van der Waals surface area contributed by atoms with Gasteiger partial charge in [-0.05, 0) is 18.2 Å². The number of nitrogens with one attached hydrogen (secondary N) is 2. The number of hydrogen-bond donors (Lipinski definition) is 2. The van der Waals surface area contributed by atoms with Crippen molar-refractivity contribution in [3.05, 3.63) is 24.0 Å². The molecule has 2 rings (SSSR count). The summed E-state index contributed by atoms with van der Waals surface area (Å²) in [6.07, 6.45) is 0. The van der Waals surface area contributed by atoms with Crippen molar-refractivity contribution in [2.24, 2.45) is 0 Å². The first-order chi connectivity index (χ1) is 7.70. The molecule has 16 heavy (non-hydrogen) atoms. The summed E-state index contributed by atoms with van der Waals surface area (Å²) >= 11 is 0. The molecule has 0 unspecified atom stereocenters. The molecule has 0 saturated heterocycles. The summed E-state index contributed by atoms with van der Waals surface area (Å²) in [5.41, 5.74) is 0.661. The third kappa shape index (κ3) is 2.01. The van der Waals surface area contributed by atoms with Gasteiger partial charge in [0.05, 0.1) is 5.52 Å². The van der Waals surface area contributed by atoms with E-state index in [0.717, 1.165) is 0 Å². The molecule has 0 saturated carbocycles. The minimum absolute atomic E-state index is 0.0658. The normalized spacial score (nSPS) is 10.6. The molecule has 0 aliphatic carbocycles. The number of anilines is 1. The number of benzene rings is 1. The fourth-order valence-corrected chi connectivity index (χ4v) is 1.38. The quantitative estimate of drug-likeness (QED) is 0.823. The fraction of sp³-hybridized carbons (Fsp3) is 0.200. The molecule has 0 aliphatic heterocycles. The second kappa shape index (κ2) is 4.28. The number of nitrogens with zero attached hydrogens (tertiary/aromatic N) is 1. The Kier molecular flexibility index (Phi) is 2.82. The highest BCUT2D eigenvalue weighted by molar-refractivity contribution is 5.99. The smallest absolute Gasteiger partial charge is 0.251 e. The summed E-state index contributed by atoms with van der Waals surface area (Å²) in [6, 6.07) is 4.19. The number of fused-ring (bicyclic) bond motifs is 1. The molecule has 0 radical (unpaired) electrons. The van der Waals surface area contributed by atoms with Crippen LogP contribution in [0.3, 0.4) is 0 Å². The van der Waals surface area contributed by atoms with Crippen molar-refractivity contribution < 1.29 is 13.9 Å². The van der Waals surface area contributed by atoms with Gasteiger partial charge < -0.3 is 10.1 Å². The molecule has 2 aromatic rings. The molecular formula is C10H10FN3O2. The summed E-state index contributed by atoms with van der Waals surface area (Å²) < 4.78 is 17.7. The molecular weight excluding hydrogens is 213 g/mol. The van der Waals surface area contributed by atoms with Crippen molar-refractivity contribution in [3.63, 3.8) is 0 Å². The summed E-state index contributed by atoms with van der Waals surface area (Å²) in [5.74, 6) is -0.409. The second-order valence-electron chi connectivity index (χ2n) is 3.24. The number of methoxy groups -OCH3 is 1. The topological polar surface area (TPSA) is 67.0 Å². The zero-order chi connectivity index (χ0) is 11.5.